The Balaban J connectivity index is 1.27. The third-order valence-corrected chi connectivity index (χ3v) is 5.59. The Morgan fingerprint density at radius 1 is 0.909 bits per heavy atom. The number of benzene rings is 3. The molecule has 0 aliphatic rings. The number of carbonyl (C=O) groups excluding carboxylic acids is 1. The van der Waals surface area contributed by atoms with E-state index >= 15 is 0 Å². The van der Waals surface area contributed by atoms with Crippen LogP contribution in [0, 0.1) is 5.82 Å². The number of para-hydroxylation sites is 2. The molecular formula is C28H28FN3O. The smallest absolute Gasteiger partial charge is 0.243 e. The lowest BCUT2D eigenvalue weighted by molar-refractivity contribution is -0.116. The van der Waals surface area contributed by atoms with E-state index in [0.717, 1.165) is 53.7 Å². The molecule has 4 aromatic rings. The average molecular weight is 442 g/mol. The maximum atomic E-state index is 13.3. The molecule has 0 aliphatic heterocycles. The molecule has 0 spiro atoms. The van der Waals surface area contributed by atoms with Gasteiger partial charge in [-0.15, -0.1) is 0 Å². The molecule has 4 rings (SSSR count). The summed E-state index contributed by atoms with van der Waals surface area (Å²) in [4.78, 5) is 16.8. The van der Waals surface area contributed by atoms with Gasteiger partial charge < -0.3 is 9.88 Å². The summed E-state index contributed by atoms with van der Waals surface area (Å²) in [6.07, 6.45) is 7.17. The number of nitrogens with zero attached hydrogens (tertiary/aromatic N) is 2. The molecule has 1 aromatic heterocycles. The lowest BCUT2D eigenvalue weighted by Gasteiger charge is -2.10. The monoisotopic (exact) mass is 441 g/mol. The van der Waals surface area contributed by atoms with Gasteiger partial charge in [-0.2, -0.15) is 0 Å². The summed E-state index contributed by atoms with van der Waals surface area (Å²) in [6, 6.07) is 24.5. The number of fused-ring (bicyclic) bond motifs is 1. The van der Waals surface area contributed by atoms with E-state index in [4.69, 9.17) is 4.98 Å². The minimum absolute atomic E-state index is 0.0695. The van der Waals surface area contributed by atoms with Gasteiger partial charge in [0.15, 0.2) is 0 Å². The number of rotatable bonds is 10. The first kappa shape index (κ1) is 22.5. The van der Waals surface area contributed by atoms with Crippen molar-refractivity contribution in [2.24, 2.45) is 0 Å². The Morgan fingerprint density at radius 3 is 2.48 bits per heavy atom. The Hall–Kier alpha value is -3.73. The van der Waals surface area contributed by atoms with E-state index in [1.54, 1.807) is 6.08 Å². The van der Waals surface area contributed by atoms with Crippen molar-refractivity contribution in [2.45, 2.75) is 32.2 Å². The van der Waals surface area contributed by atoms with Crippen LogP contribution in [0.5, 0.6) is 0 Å². The van der Waals surface area contributed by atoms with Gasteiger partial charge in [-0.05, 0) is 54.3 Å². The molecule has 0 fully saturated rings. The van der Waals surface area contributed by atoms with Gasteiger partial charge in [0.2, 0.25) is 5.91 Å². The fourth-order valence-corrected chi connectivity index (χ4v) is 3.86. The molecule has 0 atom stereocenters. The molecule has 0 unspecified atom stereocenters. The Labute approximate surface area is 193 Å². The molecule has 3 aromatic carbocycles. The molecule has 1 heterocycles. The van der Waals surface area contributed by atoms with Crippen LogP contribution in [0.2, 0.25) is 0 Å². The first-order valence-corrected chi connectivity index (χ1v) is 11.4. The van der Waals surface area contributed by atoms with Crippen molar-refractivity contribution in [1.82, 2.24) is 14.9 Å². The van der Waals surface area contributed by atoms with Crippen LogP contribution in [-0.2, 0) is 17.8 Å². The summed E-state index contributed by atoms with van der Waals surface area (Å²) in [7, 11) is 0. The largest absolute Gasteiger partial charge is 0.353 e. The van der Waals surface area contributed by atoms with E-state index in [0.29, 0.717) is 13.1 Å². The van der Waals surface area contributed by atoms with Crippen molar-refractivity contribution in [3.63, 3.8) is 0 Å². The molecule has 1 amide bonds. The number of aromatic nitrogens is 2. The molecule has 0 saturated carbocycles. The molecule has 0 bridgehead atoms. The zero-order valence-corrected chi connectivity index (χ0v) is 18.6. The predicted octanol–water partition coefficient (Wildman–Crippen LogP) is 5.77. The third kappa shape index (κ3) is 6.39. The summed E-state index contributed by atoms with van der Waals surface area (Å²) in [5.41, 5.74) is 4.13. The van der Waals surface area contributed by atoms with Crippen molar-refractivity contribution in [3.8, 4) is 0 Å². The van der Waals surface area contributed by atoms with Gasteiger partial charge in [0.25, 0.3) is 0 Å². The van der Waals surface area contributed by atoms with Gasteiger partial charge in [-0.25, -0.2) is 9.37 Å². The molecule has 5 heteroatoms. The SMILES string of the molecule is O=C(/C=C/c1ccccc1)NCCCCCc1nc2ccccc2n1Cc1ccc(F)cc1. The Kier molecular flexibility index (Phi) is 7.64. The number of hydrogen-bond donors (Lipinski definition) is 1. The van der Waals surface area contributed by atoms with Crippen molar-refractivity contribution in [1.29, 1.82) is 0 Å². The number of nitrogens with one attached hydrogen (secondary N) is 1. The zero-order chi connectivity index (χ0) is 22.9. The summed E-state index contributed by atoms with van der Waals surface area (Å²) in [6.45, 7) is 1.32. The topological polar surface area (TPSA) is 46.9 Å². The highest BCUT2D eigenvalue weighted by atomic mass is 19.1. The van der Waals surface area contributed by atoms with Crippen molar-refractivity contribution >= 4 is 23.0 Å². The van der Waals surface area contributed by atoms with Crippen LogP contribution in [-0.4, -0.2) is 22.0 Å². The van der Waals surface area contributed by atoms with Crippen molar-refractivity contribution in [3.05, 3.63) is 108 Å². The van der Waals surface area contributed by atoms with Crippen LogP contribution in [0.3, 0.4) is 0 Å². The highest BCUT2D eigenvalue weighted by Crippen LogP contribution is 2.20. The number of amides is 1. The van der Waals surface area contributed by atoms with Gasteiger partial charge in [0.05, 0.1) is 11.0 Å². The maximum Gasteiger partial charge on any atom is 0.243 e. The Bertz CT molecular complexity index is 1210. The molecule has 0 aliphatic carbocycles. The second-order valence-corrected chi connectivity index (χ2v) is 8.08. The molecule has 4 nitrogen and oxygen atoms in total. The fraction of sp³-hybridized carbons (Fsp3) is 0.214. The third-order valence-electron chi connectivity index (χ3n) is 5.59. The lowest BCUT2D eigenvalue weighted by atomic mass is 10.1. The first-order chi connectivity index (χ1) is 16.2. The molecule has 0 radical (unpaired) electrons. The second kappa shape index (κ2) is 11.2. The molecule has 0 saturated heterocycles. The number of imidazole rings is 1. The summed E-state index contributed by atoms with van der Waals surface area (Å²) in [5.74, 6) is 0.743. The van der Waals surface area contributed by atoms with Crippen LogP contribution in [0.1, 0.15) is 36.2 Å². The average Bonchev–Trinajstić information content (AvgIpc) is 3.19. The van der Waals surface area contributed by atoms with E-state index in [1.807, 2.05) is 66.7 Å². The van der Waals surface area contributed by atoms with Crippen molar-refractivity contribution < 1.29 is 9.18 Å². The van der Waals surface area contributed by atoms with Gasteiger partial charge in [0.1, 0.15) is 11.6 Å². The van der Waals surface area contributed by atoms with Gasteiger partial charge in [-0.1, -0.05) is 61.0 Å². The first-order valence-electron chi connectivity index (χ1n) is 11.4. The zero-order valence-electron chi connectivity index (χ0n) is 18.6. The van der Waals surface area contributed by atoms with Crippen LogP contribution in [0.25, 0.3) is 17.1 Å². The number of halogens is 1. The minimum Gasteiger partial charge on any atom is -0.353 e. The van der Waals surface area contributed by atoms with Crippen LogP contribution < -0.4 is 5.32 Å². The fourth-order valence-electron chi connectivity index (χ4n) is 3.86. The van der Waals surface area contributed by atoms with Gasteiger partial charge in [0, 0.05) is 25.6 Å². The van der Waals surface area contributed by atoms with Crippen LogP contribution in [0.4, 0.5) is 4.39 Å². The standard InChI is InChI=1S/C28H28FN3O/c29-24-17-14-23(15-18-24)21-32-26-12-7-6-11-25(26)31-27(32)13-5-2-8-20-30-28(33)19-16-22-9-3-1-4-10-22/h1,3-4,6-7,9-12,14-19H,2,5,8,13,20-21H2,(H,30,33)/b19-16+. The molecule has 1 N–H and O–H groups in total. The molecular weight excluding hydrogens is 413 g/mol. The lowest BCUT2D eigenvalue weighted by Crippen LogP contribution is -2.22. The highest BCUT2D eigenvalue weighted by Gasteiger charge is 2.11. The number of aryl methyl sites for hydroxylation is 1. The number of hydrogen-bond acceptors (Lipinski definition) is 2. The number of unbranched alkanes of at least 4 members (excludes halogenated alkanes) is 2. The predicted molar refractivity (Wildman–Crippen MR) is 131 cm³/mol. The molecule has 33 heavy (non-hydrogen) atoms. The number of carbonyl (C=O) groups is 1. The van der Waals surface area contributed by atoms with E-state index < -0.39 is 0 Å². The van der Waals surface area contributed by atoms with Crippen LogP contribution >= 0.6 is 0 Å². The quantitative estimate of drug-likeness (QED) is 0.251. The van der Waals surface area contributed by atoms with E-state index in [-0.39, 0.29) is 11.7 Å². The Morgan fingerprint density at radius 2 is 1.67 bits per heavy atom. The van der Waals surface area contributed by atoms with Gasteiger partial charge in [-0.3, -0.25) is 4.79 Å². The summed E-state index contributed by atoms with van der Waals surface area (Å²) < 4.78 is 15.5. The maximum absolute atomic E-state index is 13.3. The van der Waals surface area contributed by atoms with E-state index in [1.165, 1.54) is 12.1 Å². The van der Waals surface area contributed by atoms with Gasteiger partial charge >= 0.3 is 0 Å². The highest BCUT2D eigenvalue weighted by molar-refractivity contribution is 5.91. The second-order valence-electron chi connectivity index (χ2n) is 8.08. The minimum atomic E-state index is -0.225. The van der Waals surface area contributed by atoms with Crippen molar-refractivity contribution in [2.75, 3.05) is 6.54 Å². The van der Waals surface area contributed by atoms with E-state index in [9.17, 15) is 9.18 Å². The normalized spacial score (nSPS) is 11.3. The molecule has 168 valence electrons. The summed E-state index contributed by atoms with van der Waals surface area (Å²) in [5, 5.41) is 2.94. The van der Waals surface area contributed by atoms with E-state index in [2.05, 4.69) is 16.0 Å². The summed E-state index contributed by atoms with van der Waals surface area (Å²) >= 11 is 0. The van der Waals surface area contributed by atoms with Crippen LogP contribution in [0.15, 0.2) is 84.9 Å².